The lowest BCUT2D eigenvalue weighted by Crippen LogP contribution is -2.13. The highest BCUT2D eigenvalue weighted by Gasteiger charge is 2.34. The first-order chi connectivity index (χ1) is 9.38. The third-order valence-electron chi connectivity index (χ3n) is 2.83. The molecule has 7 heteroatoms. The zero-order valence-corrected chi connectivity index (χ0v) is 10.8. The van der Waals surface area contributed by atoms with Crippen LogP contribution in [0, 0.1) is 0 Å². The Morgan fingerprint density at radius 2 is 1.95 bits per heavy atom. The lowest BCUT2D eigenvalue weighted by Gasteiger charge is -2.04. The minimum absolute atomic E-state index is 0.150. The van der Waals surface area contributed by atoms with Crippen LogP contribution < -0.4 is 5.32 Å². The molecule has 0 saturated heterocycles. The van der Waals surface area contributed by atoms with E-state index in [0.717, 1.165) is 10.7 Å². The lowest BCUT2D eigenvalue weighted by molar-refractivity contribution is -0.143. The van der Waals surface area contributed by atoms with Crippen LogP contribution in [0.5, 0.6) is 5.75 Å². The molecule has 0 bridgehead atoms. The van der Waals surface area contributed by atoms with Gasteiger partial charge in [0.05, 0.1) is 5.69 Å². The Balaban J connectivity index is 1.97. The first kappa shape index (κ1) is 14.4. The van der Waals surface area contributed by atoms with Crippen LogP contribution >= 0.6 is 0 Å². The number of halogens is 3. The monoisotopic (exact) mass is 285 g/mol. The normalized spacial score (nSPS) is 11.8. The Kier molecular flexibility index (Phi) is 3.99. The number of rotatable bonds is 4. The molecule has 0 aliphatic rings. The van der Waals surface area contributed by atoms with Gasteiger partial charge >= 0.3 is 6.18 Å². The summed E-state index contributed by atoms with van der Waals surface area (Å²) in [5.41, 5.74) is 0.201. The minimum atomic E-state index is -4.41. The number of aryl methyl sites for hydroxylation is 1. The van der Waals surface area contributed by atoms with Gasteiger partial charge in [-0.3, -0.25) is 4.68 Å². The molecule has 20 heavy (non-hydrogen) atoms. The molecule has 0 unspecified atom stereocenters. The molecular formula is C13H14F3N3O. The summed E-state index contributed by atoms with van der Waals surface area (Å²) in [7, 11) is 1.26. The number of nitrogens with zero attached hydrogens (tertiary/aromatic N) is 2. The predicted molar refractivity (Wildman–Crippen MR) is 66.9 cm³/mol. The number of hydrogen-bond donors (Lipinski definition) is 2. The second kappa shape index (κ2) is 5.54. The van der Waals surface area contributed by atoms with Crippen molar-refractivity contribution in [3.63, 3.8) is 0 Å². The third kappa shape index (κ3) is 3.30. The largest absolute Gasteiger partial charge is 0.508 e. The molecule has 0 amide bonds. The van der Waals surface area contributed by atoms with Gasteiger partial charge < -0.3 is 10.4 Å². The van der Waals surface area contributed by atoms with E-state index in [0.29, 0.717) is 17.8 Å². The molecule has 1 aromatic heterocycles. The molecule has 0 saturated carbocycles. The van der Waals surface area contributed by atoms with Crippen LogP contribution in [0.15, 0.2) is 30.3 Å². The van der Waals surface area contributed by atoms with Gasteiger partial charge in [0.15, 0.2) is 0 Å². The highest BCUT2D eigenvalue weighted by molar-refractivity contribution is 5.31. The quantitative estimate of drug-likeness (QED) is 0.907. The molecular weight excluding hydrogens is 271 g/mol. The van der Waals surface area contributed by atoms with Crippen molar-refractivity contribution in [1.82, 2.24) is 15.1 Å². The number of aromatic nitrogens is 2. The van der Waals surface area contributed by atoms with Crippen molar-refractivity contribution in [2.24, 2.45) is 7.05 Å². The summed E-state index contributed by atoms with van der Waals surface area (Å²) in [6, 6.07) is 7.78. The van der Waals surface area contributed by atoms with E-state index in [9.17, 15) is 18.3 Å². The van der Waals surface area contributed by atoms with Crippen LogP contribution in [-0.4, -0.2) is 14.9 Å². The molecule has 0 spiro atoms. The van der Waals surface area contributed by atoms with E-state index in [2.05, 4.69) is 10.4 Å². The maximum absolute atomic E-state index is 12.6. The van der Waals surface area contributed by atoms with Crippen LogP contribution in [0.1, 0.15) is 17.0 Å². The average Bonchev–Trinajstić information content (AvgIpc) is 2.73. The number of benzene rings is 1. The van der Waals surface area contributed by atoms with Gasteiger partial charge in [-0.2, -0.15) is 18.3 Å². The van der Waals surface area contributed by atoms with Crippen LogP contribution in [0.2, 0.25) is 0 Å². The molecule has 4 nitrogen and oxygen atoms in total. The molecule has 0 fully saturated rings. The van der Waals surface area contributed by atoms with Gasteiger partial charge in [0, 0.05) is 25.7 Å². The fourth-order valence-corrected chi connectivity index (χ4v) is 1.86. The lowest BCUT2D eigenvalue weighted by atomic mass is 10.2. The highest BCUT2D eigenvalue weighted by Crippen LogP contribution is 2.29. The molecule has 0 radical (unpaired) electrons. The molecule has 2 aromatic rings. The van der Waals surface area contributed by atoms with Gasteiger partial charge in [-0.15, -0.1) is 0 Å². The third-order valence-corrected chi connectivity index (χ3v) is 2.83. The number of aromatic hydroxyl groups is 1. The van der Waals surface area contributed by atoms with Gasteiger partial charge in [0.1, 0.15) is 11.4 Å². The number of phenolic OH excluding ortho intramolecular Hbond substituents is 1. The molecule has 0 aliphatic heterocycles. The fraction of sp³-hybridized carbons (Fsp3) is 0.308. The summed E-state index contributed by atoms with van der Waals surface area (Å²) in [4.78, 5) is 0. The highest BCUT2D eigenvalue weighted by atomic mass is 19.4. The van der Waals surface area contributed by atoms with Gasteiger partial charge in [0.25, 0.3) is 0 Å². The molecule has 0 aliphatic carbocycles. The van der Waals surface area contributed by atoms with Crippen molar-refractivity contribution in [1.29, 1.82) is 0 Å². The Morgan fingerprint density at radius 1 is 1.25 bits per heavy atom. The zero-order valence-electron chi connectivity index (χ0n) is 10.8. The molecule has 2 N–H and O–H groups in total. The molecule has 1 aromatic carbocycles. The number of phenols is 1. The first-order valence-corrected chi connectivity index (χ1v) is 5.95. The Hall–Kier alpha value is -2.02. The van der Waals surface area contributed by atoms with Crippen LogP contribution in [0.4, 0.5) is 13.2 Å². The summed E-state index contributed by atoms with van der Waals surface area (Å²) < 4.78 is 38.6. The molecule has 108 valence electrons. The van der Waals surface area contributed by atoms with Crippen LogP contribution in [0.3, 0.4) is 0 Å². The van der Waals surface area contributed by atoms with Crippen molar-refractivity contribution in [3.8, 4) is 5.75 Å². The summed E-state index contributed by atoms with van der Waals surface area (Å²) in [5, 5.41) is 16.3. The topological polar surface area (TPSA) is 50.1 Å². The Labute approximate surface area is 113 Å². The average molecular weight is 285 g/mol. The molecule has 0 atom stereocenters. The van der Waals surface area contributed by atoms with E-state index in [1.807, 2.05) is 0 Å². The number of para-hydroxylation sites is 1. The summed E-state index contributed by atoms with van der Waals surface area (Å²) in [6.45, 7) is 0.544. The second-order valence-corrected chi connectivity index (χ2v) is 4.37. The summed E-state index contributed by atoms with van der Waals surface area (Å²) in [5.74, 6) is 0.150. The van der Waals surface area contributed by atoms with Gasteiger partial charge in [-0.1, -0.05) is 18.2 Å². The molecule has 1 heterocycles. The van der Waals surface area contributed by atoms with Crippen molar-refractivity contribution in [3.05, 3.63) is 47.3 Å². The van der Waals surface area contributed by atoms with E-state index in [-0.39, 0.29) is 12.3 Å². The van der Waals surface area contributed by atoms with Crippen molar-refractivity contribution >= 4 is 0 Å². The number of hydrogen-bond acceptors (Lipinski definition) is 3. The van der Waals surface area contributed by atoms with E-state index < -0.39 is 11.9 Å². The predicted octanol–water partition coefficient (Wildman–Crippen LogP) is 2.43. The van der Waals surface area contributed by atoms with Gasteiger partial charge in [-0.05, 0) is 12.1 Å². The van der Waals surface area contributed by atoms with Crippen LogP contribution in [0.25, 0.3) is 0 Å². The first-order valence-electron chi connectivity index (χ1n) is 5.95. The smallest absolute Gasteiger partial charge is 0.433 e. The van der Waals surface area contributed by atoms with Crippen molar-refractivity contribution in [2.75, 3.05) is 0 Å². The second-order valence-electron chi connectivity index (χ2n) is 4.37. The maximum atomic E-state index is 12.6. The SMILES string of the molecule is Cn1nc(CNCc2ccccc2O)cc1C(F)(F)F. The van der Waals surface area contributed by atoms with Crippen molar-refractivity contribution < 1.29 is 18.3 Å². The summed E-state index contributed by atoms with van der Waals surface area (Å²) >= 11 is 0. The Morgan fingerprint density at radius 3 is 2.55 bits per heavy atom. The van der Waals surface area contributed by atoms with E-state index in [1.165, 1.54) is 7.05 Å². The van der Waals surface area contributed by atoms with E-state index >= 15 is 0 Å². The van der Waals surface area contributed by atoms with Gasteiger partial charge in [-0.25, -0.2) is 0 Å². The standard InChI is InChI=1S/C13H14F3N3O/c1-19-12(13(14,15)16)6-10(18-19)8-17-7-9-4-2-3-5-11(9)20/h2-6,17,20H,7-8H2,1H3. The zero-order chi connectivity index (χ0) is 14.8. The minimum Gasteiger partial charge on any atom is -0.508 e. The maximum Gasteiger partial charge on any atom is 0.433 e. The summed E-state index contributed by atoms with van der Waals surface area (Å²) in [6.07, 6.45) is -4.41. The Bertz CT molecular complexity index is 593. The van der Waals surface area contributed by atoms with E-state index in [4.69, 9.17) is 0 Å². The van der Waals surface area contributed by atoms with Crippen LogP contribution in [-0.2, 0) is 26.3 Å². The number of alkyl halides is 3. The van der Waals surface area contributed by atoms with E-state index in [1.54, 1.807) is 24.3 Å². The fourth-order valence-electron chi connectivity index (χ4n) is 1.86. The number of nitrogens with one attached hydrogen (secondary N) is 1. The molecule has 2 rings (SSSR count). The van der Waals surface area contributed by atoms with Crippen molar-refractivity contribution in [2.45, 2.75) is 19.3 Å². The van der Waals surface area contributed by atoms with Gasteiger partial charge in [0.2, 0.25) is 0 Å².